The second-order valence-corrected chi connectivity index (χ2v) is 3.57. The summed E-state index contributed by atoms with van der Waals surface area (Å²) in [6, 6.07) is 7.88. The number of nitrogens with zero attached hydrogens (tertiary/aromatic N) is 3. The molecule has 0 saturated heterocycles. The number of H-pyrrole nitrogens is 1. The summed E-state index contributed by atoms with van der Waals surface area (Å²) in [5.74, 6) is 0.709. The van der Waals surface area contributed by atoms with Gasteiger partial charge in [0.05, 0.1) is 17.2 Å². The summed E-state index contributed by atoms with van der Waals surface area (Å²) in [4.78, 5) is 7.63. The van der Waals surface area contributed by atoms with Crippen molar-refractivity contribution < 1.29 is 0 Å². The molecule has 0 aliphatic carbocycles. The van der Waals surface area contributed by atoms with E-state index in [1.165, 1.54) is 0 Å². The van der Waals surface area contributed by atoms with E-state index in [-0.39, 0.29) is 0 Å². The first kappa shape index (κ1) is 9.11. The lowest BCUT2D eigenvalue weighted by Crippen LogP contribution is -1.97. The van der Waals surface area contributed by atoms with Gasteiger partial charge in [0.1, 0.15) is 0 Å². The van der Waals surface area contributed by atoms with Crippen LogP contribution < -0.4 is 5.73 Å². The van der Waals surface area contributed by atoms with Gasteiger partial charge in [-0.25, -0.2) is 9.67 Å². The Hall–Kier alpha value is -2.14. The van der Waals surface area contributed by atoms with Crippen LogP contribution in [0.5, 0.6) is 0 Å². The Morgan fingerprint density at radius 3 is 2.94 bits per heavy atom. The first-order valence-corrected chi connectivity index (χ1v) is 5.05. The zero-order valence-corrected chi connectivity index (χ0v) is 8.59. The van der Waals surface area contributed by atoms with Gasteiger partial charge >= 0.3 is 0 Å². The van der Waals surface area contributed by atoms with E-state index < -0.39 is 0 Å². The minimum absolute atomic E-state index is 0.486. The summed E-state index contributed by atoms with van der Waals surface area (Å²) < 4.78 is 1.70. The largest absolute Gasteiger partial charge is 0.326 e. The van der Waals surface area contributed by atoms with Gasteiger partial charge in [-0.2, -0.15) is 5.10 Å². The molecule has 0 unspecified atom stereocenters. The summed E-state index contributed by atoms with van der Waals surface area (Å²) in [5, 5.41) is 4.20. The molecule has 80 valence electrons. The van der Waals surface area contributed by atoms with E-state index >= 15 is 0 Å². The number of imidazole rings is 1. The van der Waals surface area contributed by atoms with Gasteiger partial charge in [0, 0.05) is 18.3 Å². The fourth-order valence-corrected chi connectivity index (χ4v) is 1.63. The molecule has 0 saturated carbocycles. The fourth-order valence-electron chi connectivity index (χ4n) is 1.63. The maximum Gasteiger partial charge on any atom is 0.229 e. The Bertz CT molecular complexity index is 589. The van der Waals surface area contributed by atoms with Gasteiger partial charge in [-0.3, -0.25) is 0 Å². The van der Waals surface area contributed by atoms with Crippen molar-refractivity contribution in [1.82, 2.24) is 19.7 Å². The molecule has 0 fully saturated rings. The number of hydrogen-bond donors (Lipinski definition) is 2. The molecule has 0 spiro atoms. The first-order chi connectivity index (χ1) is 7.86. The standard InChI is InChI=1S/C11H11N5/c12-5-8-6-13-16(7-8)11-14-9-3-1-2-4-10(9)15-11/h1-4,6-7H,5,12H2,(H,14,15). The summed E-state index contributed by atoms with van der Waals surface area (Å²) in [6.45, 7) is 0.486. The second-order valence-electron chi connectivity index (χ2n) is 3.57. The summed E-state index contributed by atoms with van der Waals surface area (Å²) in [7, 11) is 0. The van der Waals surface area contributed by atoms with Gasteiger partial charge < -0.3 is 10.7 Å². The van der Waals surface area contributed by atoms with E-state index in [1.54, 1.807) is 10.9 Å². The number of para-hydroxylation sites is 2. The summed E-state index contributed by atoms with van der Waals surface area (Å²) in [5.41, 5.74) is 8.45. The maximum atomic E-state index is 5.53. The van der Waals surface area contributed by atoms with Crippen LogP contribution in [0.25, 0.3) is 17.0 Å². The van der Waals surface area contributed by atoms with Crippen LogP contribution in [0.3, 0.4) is 0 Å². The highest BCUT2D eigenvalue weighted by Crippen LogP contribution is 2.12. The van der Waals surface area contributed by atoms with Gasteiger partial charge in [0.25, 0.3) is 0 Å². The molecule has 0 radical (unpaired) electrons. The number of hydrogen-bond acceptors (Lipinski definition) is 3. The molecule has 0 aliphatic rings. The van der Waals surface area contributed by atoms with Crippen molar-refractivity contribution in [2.24, 2.45) is 5.73 Å². The highest BCUT2D eigenvalue weighted by Gasteiger charge is 2.05. The molecular weight excluding hydrogens is 202 g/mol. The maximum absolute atomic E-state index is 5.53. The van der Waals surface area contributed by atoms with Crippen LogP contribution in [0.1, 0.15) is 5.56 Å². The number of fused-ring (bicyclic) bond motifs is 1. The minimum atomic E-state index is 0.486. The monoisotopic (exact) mass is 213 g/mol. The van der Waals surface area contributed by atoms with Crippen LogP contribution in [0.2, 0.25) is 0 Å². The molecule has 0 bridgehead atoms. The highest BCUT2D eigenvalue weighted by atomic mass is 15.3. The number of aromatic nitrogens is 4. The number of rotatable bonds is 2. The van der Waals surface area contributed by atoms with Crippen LogP contribution in [0, 0.1) is 0 Å². The molecule has 1 aromatic carbocycles. The van der Waals surface area contributed by atoms with Crippen molar-refractivity contribution >= 4 is 11.0 Å². The van der Waals surface area contributed by atoms with Crippen molar-refractivity contribution in [3.63, 3.8) is 0 Å². The molecule has 3 N–H and O–H groups in total. The Balaban J connectivity index is 2.11. The molecule has 0 amide bonds. The molecule has 2 heterocycles. The Morgan fingerprint density at radius 2 is 2.19 bits per heavy atom. The van der Waals surface area contributed by atoms with E-state index in [1.807, 2.05) is 30.5 Å². The third-order valence-electron chi connectivity index (χ3n) is 2.47. The van der Waals surface area contributed by atoms with Crippen molar-refractivity contribution in [3.05, 3.63) is 42.2 Å². The lowest BCUT2D eigenvalue weighted by molar-refractivity contribution is 0.828. The number of nitrogens with two attached hydrogens (primary N) is 1. The van der Waals surface area contributed by atoms with E-state index in [0.717, 1.165) is 16.6 Å². The van der Waals surface area contributed by atoms with Crippen molar-refractivity contribution in [2.75, 3.05) is 0 Å². The SMILES string of the molecule is NCc1cnn(-c2nc3ccccc3[nH]2)c1. The normalized spacial score (nSPS) is 11.1. The average molecular weight is 213 g/mol. The van der Waals surface area contributed by atoms with Crippen LogP contribution in [0.4, 0.5) is 0 Å². The Kier molecular flexibility index (Phi) is 1.97. The lowest BCUT2D eigenvalue weighted by Gasteiger charge is -1.92. The van der Waals surface area contributed by atoms with Gasteiger partial charge in [-0.05, 0) is 12.1 Å². The van der Waals surface area contributed by atoms with Crippen LogP contribution in [-0.4, -0.2) is 19.7 Å². The zero-order chi connectivity index (χ0) is 11.0. The minimum Gasteiger partial charge on any atom is -0.326 e. The number of nitrogens with one attached hydrogen (secondary N) is 1. The predicted molar refractivity (Wildman–Crippen MR) is 61.1 cm³/mol. The third kappa shape index (κ3) is 1.38. The average Bonchev–Trinajstić information content (AvgIpc) is 2.95. The number of aromatic amines is 1. The topological polar surface area (TPSA) is 72.5 Å². The second kappa shape index (κ2) is 3.46. The van der Waals surface area contributed by atoms with Gasteiger partial charge in [-0.1, -0.05) is 12.1 Å². The van der Waals surface area contributed by atoms with E-state index in [4.69, 9.17) is 5.73 Å². The van der Waals surface area contributed by atoms with Gasteiger partial charge in [-0.15, -0.1) is 0 Å². The van der Waals surface area contributed by atoms with E-state index in [0.29, 0.717) is 12.5 Å². The van der Waals surface area contributed by atoms with Crippen molar-refractivity contribution in [3.8, 4) is 5.95 Å². The lowest BCUT2D eigenvalue weighted by atomic mass is 10.3. The van der Waals surface area contributed by atoms with Gasteiger partial charge in [0.2, 0.25) is 5.95 Å². The smallest absolute Gasteiger partial charge is 0.229 e. The fraction of sp³-hybridized carbons (Fsp3) is 0.0909. The predicted octanol–water partition coefficient (Wildman–Crippen LogP) is 1.21. The molecule has 2 aromatic heterocycles. The van der Waals surface area contributed by atoms with Crippen molar-refractivity contribution in [2.45, 2.75) is 6.54 Å². The van der Waals surface area contributed by atoms with E-state index in [2.05, 4.69) is 15.1 Å². The molecule has 3 rings (SSSR count). The highest BCUT2D eigenvalue weighted by molar-refractivity contribution is 5.75. The molecular formula is C11H11N5. The molecule has 0 aliphatic heterocycles. The van der Waals surface area contributed by atoms with Crippen molar-refractivity contribution in [1.29, 1.82) is 0 Å². The summed E-state index contributed by atoms with van der Waals surface area (Å²) >= 11 is 0. The first-order valence-electron chi connectivity index (χ1n) is 5.05. The third-order valence-corrected chi connectivity index (χ3v) is 2.47. The summed E-state index contributed by atoms with van der Waals surface area (Å²) in [6.07, 6.45) is 3.62. The molecule has 5 heteroatoms. The Labute approximate surface area is 91.9 Å². The van der Waals surface area contributed by atoms with Gasteiger partial charge in [0.15, 0.2) is 0 Å². The van der Waals surface area contributed by atoms with Crippen LogP contribution in [0.15, 0.2) is 36.7 Å². The van der Waals surface area contributed by atoms with Crippen LogP contribution >= 0.6 is 0 Å². The zero-order valence-electron chi connectivity index (χ0n) is 8.59. The molecule has 0 atom stereocenters. The number of benzene rings is 1. The molecule has 16 heavy (non-hydrogen) atoms. The molecule has 5 nitrogen and oxygen atoms in total. The Morgan fingerprint density at radius 1 is 1.31 bits per heavy atom. The van der Waals surface area contributed by atoms with Crippen LogP contribution in [-0.2, 0) is 6.54 Å². The quantitative estimate of drug-likeness (QED) is 0.672. The molecule has 3 aromatic rings. The van der Waals surface area contributed by atoms with E-state index in [9.17, 15) is 0 Å².